The smallest absolute Gasteiger partial charge is 0.0460 e. The van der Waals surface area contributed by atoms with Crippen LogP contribution in [0.15, 0.2) is 85.1 Å². The maximum absolute atomic E-state index is 3.27. The van der Waals surface area contributed by atoms with Crippen molar-refractivity contribution in [3.05, 3.63) is 85.1 Å². The minimum absolute atomic E-state index is 1.18. The molecule has 0 atom stereocenters. The predicted octanol–water partition coefficient (Wildman–Crippen LogP) is 5.50. The Morgan fingerprint density at radius 2 is 1.24 bits per heavy atom. The molecular weight excluding hydrogens is 254 g/mol. The second-order valence-corrected chi connectivity index (χ2v) is 5.19. The maximum Gasteiger partial charge on any atom is 0.0460 e. The highest BCUT2D eigenvalue weighted by atomic mass is 14.7. The summed E-state index contributed by atoms with van der Waals surface area (Å²) in [6.45, 7) is 0. The third-order valence-electron chi connectivity index (χ3n) is 3.90. The lowest BCUT2D eigenvalue weighted by Gasteiger charge is -2.06. The van der Waals surface area contributed by atoms with Gasteiger partial charge in [-0.2, -0.15) is 0 Å². The van der Waals surface area contributed by atoms with Gasteiger partial charge in [-0.05, 0) is 34.4 Å². The minimum atomic E-state index is 1.18. The van der Waals surface area contributed by atoms with Gasteiger partial charge in [0, 0.05) is 17.1 Å². The molecule has 0 aliphatic heterocycles. The highest BCUT2D eigenvalue weighted by Gasteiger charge is 2.04. The van der Waals surface area contributed by atoms with Crippen LogP contribution in [0.3, 0.4) is 0 Å². The fraction of sp³-hybridized carbons (Fsp3) is 0. The first kappa shape index (κ1) is 12.0. The Balaban J connectivity index is 1.79. The predicted molar refractivity (Wildman–Crippen MR) is 89.2 cm³/mol. The third kappa shape index (κ3) is 2.13. The summed E-state index contributed by atoms with van der Waals surface area (Å²) in [5.74, 6) is 0. The molecule has 0 aliphatic rings. The number of rotatable bonds is 2. The van der Waals surface area contributed by atoms with Crippen LogP contribution in [-0.4, -0.2) is 4.98 Å². The fourth-order valence-corrected chi connectivity index (χ4v) is 2.81. The number of benzene rings is 3. The van der Waals surface area contributed by atoms with Crippen LogP contribution >= 0.6 is 0 Å². The van der Waals surface area contributed by atoms with E-state index in [1.165, 1.54) is 33.2 Å². The Bertz CT molecular complexity index is 871. The van der Waals surface area contributed by atoms with Crippen molar-refractivity contribution in [2.45, 2.75) is 0 Å². The lowest BCUT2D eigenvalue weighted by atomic mass is 9.98. The van der Waals surface area contributed by atoms with Crippen LogP contribution < -0.4 is 0 Å². The molecule has 0 bridgehead atoms. The van der Waals surface area contributed by atoms with Crippen molar-refractivity contribution in [2.75, 3.05) is 0 Å². The molecule has 1 heteroatoms. The van der Waals surface area contributed by atoms with Crippen molar-refractivity contribution in [3.63, 3.8) is 0 Å². The van der Waals surface area contributed by atoms with Gasteiger partial charge in [0.1, 0.15) is 0 Å². The van der Waals surface area contributed by atoms with E-state index in [-0.39, 0.29) is 0 Å². The van der Waals surface area contributed by atoms with Crippen LogP contribution in [-0.2, 0) is 0 Å². The van der Waals surface area contributed by atoms with Gasteiger partial charge < -0.3 is 4.98 Å². The van der Waals surface area contributed by atoms with E-state index in [4.69, 9.17) is 0 Å². The summed E-state index contributed by atoms with van der Waals surface area (Å²) in [7, 11) is 0. The van der Waals surface area contributed by atoms with Crippen molar-refractivity contribution in [2.24, 2.45) is 0 Å². The van der Waals surface area contributed by atoms with E-state index in [0.717, 1.165) is 0 Å². The van der Waals surface area contributed by atoms with Gasteiger partial charge in [-0.1, -0.05) is 66.7 Å². The number of hydrogen-bond donors (Lipinski definition) is 1. The van der Waals surface area contributed by atoms with E-state index in [1.807, 2.05) is 12.3 Å². The Kier molecular flexibility index (Phi) is 2.82. The molecule has 100 valence electrons. The van der Waals surface area contributed by atoms with Crippen LogP contribution in [0.25, 0.3) is 33.2 Å². The normalized spacial score (nSPS) is 10.9. The van der Waals surface area contributed by atoms with Gasteiger partial charge in [0.2, 0.25) is 0 Å². The summed E-state index contributed by atoms with van der Waals surface area (Å²) >= 11 is 0. The highest BCUT2D eigenvalue weighted by Crippen LogP contribution is 2.29. The molecule has 21 heavy (non-hydrogen) atoms. The lowest BCUT2D eigenvalue weighted by molar-refractivity contribution is 1.48. The molecule has 0 fully saturated rings. The zero-order chi connectivity index (χ0) is 14.1. The van der Waals surface area contributed by atoms with Crippen molar-refractivity contribution in [3.8, 4) is 22.3 Å². The number of aromatic amines is 1. The summed E-state index contributed by atoms with van der Waals surface area (Å²) in [6.07, 6.45) is 1.99. The van der Waals surface area contributed by atoms with Crippen LogP contribution in [0.5, 0.6) is 0 Å². The summed E-state index contributed by atoms with van der Waals surface area (Å²) < 4.78 is 0. The quantitative estimate of drug-likeness (QED) is 0.494. The molecule has 4 rings (SSSR count). The third-order valence-corrected chi connectivity index (χ3v) is 3.90. The zero-order valence-corrected chi connectivity index (χ0v) is 11.6. The second-order valence-electron chi connectivity index (χ2n) is 5.19. The van der Waals surface area contributed by atoms with Crippen molar-refractivity contribution < 1.29 is 0 Å². The first-order valence-electron chi connectivity index (χ1n) is 7.14. The maximum atomic E-state index is 3.27. The minimum Gasteiger partial charge on any atom is -0.361 e. The molecule has 0 aliphatic carbocycles. The van der Waals surface area contributed by atoms with E-state index in [1.54, 1.807) is 0 Å². The first-order chi connectivity index (χ1) is 10.4. The van der Waals surface area contributed by atoms with E-state index in [0.29, 0.717) is 0 Å². The van der Waals surface area contributed by atoms with Crippen molar-refractivity contribution >= 4 is 10.9 Å². The summed E-state index contributed by atoms with van der Waals surface area (Å²) in [5.41, 5.74) is 6.21. The molecule has 0 unspecified atom stereocenters. The monoisotopic (exact) mass is 269 g/mol. The summed E-state index contributed by atoms with van der Waals surface area (Å²) in [4.78, 5) is 3.27. The van der Waals surface area contributed by atoms with E-state index < -0.39 is 0 Å². The molecule has 0 spiro atoms. The largest absolute Gasteiger partial charge is 0.361 e. The molecule has 1 aromatic heterocycles. The Labute approximate surface area is 123 Å². The van der Waals surface area contributed by atoms with Gasteiger partial charge in [-0.3, -0.25) is 0 Å². The zero-order valence-electron chi connectivity index (χ0n) is 11.6. The molecule has 0 saturated heterocycles. The summed E-state index contributed by atoms with van der Waals surface area (Å²) in [5, 5.41) is 1.27. The van der Waals surface area contributed by atoms with Crippen molar-refractivity contribution in [1.29, 1.82) is 0 Å². The standard InChI is InChI=1S/C20H15N/c1-2-5-15(6-3-1)16-9-11-17(12-10-16)18-7-4-8-20-19(18)13-14-21-20/h1-14,21H. The van der Waals surface area contributed by atoms with Gasteiger partial charge in [-0.15, -0.1) is 0 Å². The van der Waals surface area contributed by atoms with E-state index >= 15 is 0 Å². The van der Waals surface area contributed by atoms with Crippen LogP contribution in [0, 0.1) is 0 Å². The average Bonchev–Trinajstić information content (AvgIpc) is 3.04. The highest BCUT2D eigenvalue weighted by molar-refractivity contribution is 5.95. The molecule has 1 N–H and O–H groups in total. The second kappa shape index (κ2) is 4.95. The van der Waals surface area contributed by atoms with Crippen LogP contribution in [0.4, 0.5) is 0 Å². The number of fused-ring (bicyclic) bond motifs is 1. The molecule has 1 nitrogen and oxygen atoms in total. The molecular formula is C20H15N. The Hall–Kier alpha value is -2.80. The average molecular weight is 269 g/mol. The molecule has 1 heterocycles. The Morgan fingerprint density at radius 1 is 0.524 bits per heavy atom. The van der Waals surface area contributed by atoms with Gasteiger partial charge in [0.15, 0.2) is 0 Å². The summed E-state index contributed by atoms with van der Waals surface area (Å²) in [6, 6.07) is 27.8. The number of H-pyrrole nitrogens is 1. The van der Waals surface area contributed by atoms with Crippen LogP contribution in [0.1, 0.15) is 0 Å². The lowest BCUT2D eigenvalue weighted by Crippen LogP contribution is -1.81. The number of nitrogens with one attached hydrogen (secondary N) is 1. The van der Waals surface area contributed by atoms with Gasteiger partial charge in [0.25, 0.3) is 0 Å². The van der Waals surface area contributed by atoms with Crippen molar-refractivity contribution in [1.82, 2.24) is 4.98 Å². The number of hydrogen-bond acceptors (Lipinski definition) is 0. The Morgan fingerprint density at radius 3 is 2.05 bits per heavy atom. The van der Waals surface area contributed by atoms with E-state index in [9.17, 15) is 0 Å². The number of aromatic nitrogens is 1. The van der Waals surface area contributed by atoms with E-state index in [2.05, 4.69) is 77.8 Å². The molecule has 4 aromatic rings. The SMILES string of the molecule is c1ccc(-c2ccc(-c3cccc4[nH]ccc34)cc2)cc1. The molecule has 0 radical (unpaired) electrons. The van der Waals surface area contributed by atoms with Gasteiger partial charge >= 0.3 is 0 Å². The molecule has 3 aromatic carbocycles. The molecule has 0 amide bonds. The topological polar surface area (TPSA) is 15.8 Å². The first-order valence-corrected chi connectivity index (χ1v) is 7.14. The fourth-order valence-electron chi connectivity index (χ4n) is 2.81. The van der Waals surface area contributed by atoms with Gasteiger partial charge in [0.05, 0.1) is 0 Å². The molecule has 0 saturated carbocycles. The van der Waals surface area contributed by atoms with Gasteiger partial charge in [-0.25, -0.2) is 0 Å². The van der Waals surface area contributed by atoms with Crippen LogP contribution in [0.2, 0.25) is 0 Å².